The first-order valence-corrected chi connectivity index (χ1v) is 8.86. The first-order chi connectivity index (χ1) is 9.15. The van der Waals surface area contributed by atoms with Crippen molar-refractivity contribution in [3.8, 4) is 0 Å². The van der Waals surface area contributed by atoms with Crippen LogP contribution >= 0.6 is 31.9 Å². The van der Waals surface area contributed by atoms with E-state index in [1.54, 1.807) is 0 Å². The van der Waals surface area contributed by atoms with Gasteiger partial charge in [0.1, 0.15) is 0 Å². The molecule has 0 radical (unpaired) electrons. The Balaban J connectivity index is 2.32. The number of likely N-dealkylation sites (N-methyl/N-ethyl adjacent to an activating group) is 1. The second-order valence-corrected chi connectivity index (χ2v) is 6.75. The zero-order valence-corrected chi connectivity index (χ0v) is 14.9. The van der Waals surface area contributed by atoms with Gasteiger partial charge in [0, 0.05) is 34.6 Å². The molecular weight excluding hydrogens is 368 g/mol. The lowest BCUT2D eigenvalue weighted by atomic mass is 10.1. The minimum atomic E-state index is 0.617. The molecule has 1 saturated heterocycles. The fourth-order valence-electron chi connectivity index (χ4n) is 2.85. The van der Waals surface area contributed by atoms with E-state index < -0.39 is 0 Å². The molecule has 1 heterocycles. The molecule has 1 fully saturated rings. The molecule has 19 heavy (non-hydrogen) atoms. The molecule has 1 unspecified atom stereocenters. The average Bonchev–Trinajstić information content (AvgIpc) is 2.60. The second-order valence-electron chi connectivity index (χ2n) is 5.28. The highest BCUT2D eigenvalue weighted by atomic mass is 79.9. The standard InChI is InChI=1S/C15H22Br2N2/c1-3-14-11-18(2)7-4-8-19(14)15-6-5-13(17)9-12(15)10-16/h5-6,9,14H,3-4,7-8,10-11H2,1-2H3. The molecule has 0 spiro atoms. The molecule has 1 aromatic rings. The maximum atomic E-state index is 3.62. The van der Waals surface area contributed by atoms with E-state index in [1.807, 2.05) is 0 Å². The quantitative estimate of drug-likeness (QED) is 0.712. The van der Waals surface area contributed by atoms with Gasteiger partial charge in [0.25, 0.3) is 0 Å². The zero-order valence-electron chi connectivity index (χ0n) is 11.7. The summed E-state index contributed by atoms with van der Waals surface area (Å²) in [6.07, 6.45) is 2.44. The van der Waals surface area contributed by atoms with Gasteiger partial charge in [0.05, 0.1) is 0 Å². The number of hydrogen-bond acceptors (Lipinski definition) is 2. The number of nitrogens with zero attached hydrogens (tertiary/aromatic N) is 2. The van der Waals surface area contributed by atoms with Gasteiger partial charge in [0.2, 0.25) is 0 Å². The molecule has 0 saturated carbocycles. The molecule has 1 aliphatic heterocycles. The molecule has 4 heteroatoms. The van der Waals surface area contributed by atoms with Gasteiger partial charge in [-0.25, -0.2) is 0 Å². The van der Waals surface area contributed by atoms with Crippen molar-refractivity contribution in [3.05, 3.63) is 28.2 Å². The summed E-state index contributed by atoms with van der Waals surface area (Å²) in [7, 11) is 2.24. The van der Waals surface area contributed by atoms with Crippen LogP contribution in [0.1, 0.15) is 25.3 Å². The number of alkyl halides is 1. The van der Waals surface area contributed by atoms with Crippen molar-refractivity contribution < 1.29 is 0 Å². The SMILES string of the molecule is CCC1CN(C)CCCN1c1ccc(Br)cc1CBr. The van der Waals surface area contributed by atoms with Crippen molar-refractivity contribution in [3.63, 3.8) is 0 Å². The molecule has 1 aliphatic rings. The van der Waals surface area contributed by atoms with Crippen LogP contribution in [-0.4, -0.2) is 37.6 Å². The zero-order chi connectivity index (χ0) is 13.8. The highest BCUT2D eigenvalue weighted by molar-refractivity contribution is 9.10. The molecule has 106 valence electrons. The van der Waals surface area contributed by atoms with Crippen molar-refractivity contribution in [1.29, 1.82) is 0 Å². The van der Waals surface area contributed by atoms with Crippen LogP contribution in [0.25, 0.3) is 0 Å². The van der Waals surface area contributed by atoms with Gasteiger partial charge in [-0.05, 0) is 50.2 Å². The monoisotopic (exact) mass is 388 g/mol. The summed E-state index contributed by atoms with van der Waals surface area (Å²) in [6.45, 7) is 5.81. The predicted octanol–water partition coefficient (Wildman–Crippen LogP) is 4.26. The van der Waals surface area contributed by atoms with E-state index in [4.69, 9.17) is 0 Å². The Morgan fingerprint density at radius 2 is 2.11 bits per heavy atom. The van der Waals surface area contributed by atoms with Gasteiger partial charge in [-0.1, -0.05) is 38.8 Å². The summed E-state index contributed by atoms with van der Waals surface area (Å²) in [5, 5.41) is 0.907. The van der Waals surface area contributed by atoms with Gasteiger partial charge < -0.3 is 9.80 Å². The maximum absolute atomic E-state index is 3.62. The normalized spacial score (nSPS) is 21.5. The van der Waals surface area contributed by atoms with Gasteiger partial charge >= 0.3 is 0 Å². The molecule has 0 aliphatic carbocycles. The first-order valence-electron chi connectivity index (χ1n) is 6.95. The van der Waals surface area contributed by atoms with Crippen LogP contribution in [0.4, 0.5) is 5.69 Å². The molecular formula is C15H22Br2N2. The molecule has 0 amide bonds. The van der Waals surface area contributed by atoms with Crippen molar-refractivity contribution >= 4 is 37.5 Å². The lowest BCUT2D eigenvalue weighted by Gasteiger charge is -2.33. The third-order valence-electron chi connectivity index (χ3n) is 3.87. The van der Waals surface area contributed by atoms with E-state index in [1.165, 1.54) is 30.6 Å². The average molecular weight is 390 g/mol. The summed E-state index contributed by atoms with van der Waals surface area (Å²) >= 11 is 7.20. The predicted molar refractivity (Wildman–Crippen MR) is 90.3 cm³/mol. The largest absolute Gasteiger partial charge is 0.367 e. The molecule has 0 N–H and O–H groups in total. The molecule has 1 atom stereocenters. The topological polar surface area (TPSA) is 6.48 Å². The van der Waals surface area contributed by atoms with Crippen LogP contribution in [0, 0.1) is 0 Å². The molecule has 0 bridgehead atoms. The number of rotatable bonds is 3. The van der Waals surface area contributed by atoms with Gasteiger partial charge in [-0.3, -0.25) is 0 Å². The van der Waals surface area contributed by atoms with Crippen molar-refractivity contribution in [2.75, 3.05) is 31.6 Å². The summed E-state index contributed by atoms with van der Waals surface area (Å²) in [5.74, 6) is 0. The minimum absolute atomic E-state index is 0.617. The Kier molecular flexibility index (Phi) is 5.72. The fraction of sp³-hybridized carbons (Fsp3) is 0.600. The van der Waals surface area contributed by atoms with E-state index >= 15 is 0 Å². The van der Waals surface area contributed by atoms with E-state index in [-0.39, 0.29) is 0 Å². The molecule has 2 rings (SSSR count). The van der Waals surface area contributed by atoms with Crippen LogP contribution in [0.5, 0.6) is 0 Å². The van der Waals surface area contributed by atoms with Gasteiger partial charge in [0.15, 0.2) is 0 Å². The molecule has 2 nitrogen and oxygen atoms in total. The highest BCUT2D eigenvalue weighted by Gasteiger charge is 2.23. The first kappa shape index (κ1) is 15.3. The van der Waals surface area contributed by atoms with Crippen LogP contribution in [0.2, 0.25) is 0 Å². The fourth-order valence-corrected chi connectivity index (χ4v) is 3.71. The van der Waals surface area contributed by atoms with Crippen LogP contribution in [-0.2, 0) is 5.33 Å². The maximum Gasteiger partial charge on any atom is 0.0414 e. The number of halogens is 2. The Morgan fingerprint density at radius 3 is 2.79 bits per heavy atom. The van der Waals surface area contributed by atoms with Crippen LogP contribution in [0.3, 0.4) is 0 Å². The summed E-state index contributed by atoms with van der Waals surface area (Å²) in [5.41, 5.74) is 2.76. The Labute approximate surface area is 133 Å². The van der Waals surface area contributed by atoms with Gasteiger partial charge in [-0.15, -0.1) is 0 Å². The lowest BCUT2D eigenvalue weighted by molar-refractivity contribution is 0.328. The summed E-state index contributed by atoms with van der Waals surface area (Å²) < 4.78 is 1.16. The smallest absolute Gasteiger partial charge is 0.0414 e. The second kappa shape index (κ2) is 7.09. The summed E-state index contributed by atoms with van der Waals surface area (Å²) in [4.78, 5) is 5.06. The molecule has 0 aromatic heterocycles. The van der Waals surface area contributed by atoms with E-state index in [9.17, 15) is 0 Å². The number of anilines is 1. The van der Waals surface area contributed by atoms with Crippen LogP contribution in [0.15, 0.2) is 22.7 Å². The van der Waals surface area contributed by atoms with E-state index in [0.29, 0.717) is 6.04 Å². The van der Waals surface area contributed by atoms with E-state index in [0.717, 1.165) is 22.9 Å². The Hall–Kier alpha value is -0.0600. The Bertz CT molecular complexity index is 423. The van der Waals surface area contributed by atoms with Crippen LogP contribution < -0.4 is 4.90 Å². The van der Waals surface area contributed by atoms with E-state index in [2.05, 4.69) is 73.8 Å². The Morgan fingerprint density at radius 1 is 1.32 bits per heavy atom. The minimum Gasteiger partial charge on any atom is -0.367 e. The summed E-state index contributed by atoms with van der Waals surface area (Å²) in [6, 6.07) is 7.26. The highest BCUT2D eigenvalue weighted by Crippen LogP contribution is 2.30. The third kappa shape index (κ3) is 3.73. The van der Waals surface area contributed by atoms with Crippen molar-refractivity contribution in [2.24, 2.45) is 0 Å². The van der Waals surface area contributed by atoms with Crippen molar-refractivity contribution in [1.82, 2.24) is 4.90 Å². The lowest BCUT2D eigenvalue weighted by Crippen LogP contribution is -2.40. The van der Waals surface area contributed by atoms with Gasteiger partial charge in [-0.2, -0.15) is 0 Å². The van der Waals surface area contributed by atoms with Crippen molar-refractivity contribution in [2.45, 2.75) is 31.1 Å². The number of benzene rings is 1. The molecule has 1 aromatic carbocycles. The third-order valence-corrected chi connectivity index (χ3v) is 4.97. The number of hydrogen-bond donors (Lipinski definition) is 0.